The van der Waals surface area contributed by atoms with Gasteiger partial charge in [0.2, 0.25) is 11.8 Å². The SMILES string of the molecule is CCC(=O)N1CCc2ccccc2[C@H]1C(=O)NCc1cccc(Br)c1. The van der Waals surface area contributed by atoms with Crippen molar-refractivity contribution in [2.24, 2.45) is 0 Å². The summed E-state index contributed by atoms with van der Waals surface area (Å²) in [5.74, 6) is -0.119. The van der Waals surface area contributed by atoms with Gasteiger partial charge in [0.05, 0.1) is 0 Å². The minimum Gasteiger partial charge on any atom is -0.350 e. The van der Waals surface area contributed by atoms with Crippen molar-refractivity contribution in [1.82, 2.24) is 10.2 Å². The molecule has 0 radical (unpaired) electrons. The van der Waals surface area contributed by atoms with Crippen LogP contribution in [0.15, 0.2) is 53.0 Å². The molecule has 0 unspecified atom stereocenters. The first-order valence-corrected chi connectivity index (χ1v) is 9.29. The normalized spacial score (nSPS) is 16.2. The summed E-state index contributed by atoms with van der Waals surface area (Å²) in [4.78, 5) is 27.0. The van der Waals surface area contributed by atoms with Gasteiger partial charge in [-0.05, 0) is 35.2 Å². The summed E-state index contributed by atoms with van der Waals surface area (Å²) in [5.41, 5.74) is 3.09. The molecule has 2 aromatic rings. The number of carbonyl (C=O) groups is 2. The van der Waals surface area contributed by atoms with Crippen LogP contribution in [0, 0.1) is 0 Å². The van der Waals surface area contributed by atoms with E-state index in [4.69, 9.17) is 0 Å². The third-order valence-electron chi connectivity index (χ3n) is 4.51. The monoisotopic (exact) mass is 400 g/mol. The summed E-state index contributed by atoms with van der Waals surface area (Å²) in [5, 5.41) is 2.99. The van der Waals surface area contributed by atoms with Crippen molar-refractivity contribution in [1.29, 1.82) is 0 Å². The fourth-order valence-electron chi connectivity index (χ4n) is 3.25. The molecule has 1 aliphatic heterocycles. The highest BCUT2D eigenvalue weighted by molar-refractivity contribution is 9.10. The van der Waals surface area contributed by atoms with Crippen molar-refractivity contribution in [3.05, 3.63) is 69.7 Å². The van der Waals surface area contributed by atoms with Crippen molar-refractivity contribution in [2.75, 3.05) is 6.54 Å². The number of carbonyl (C=O) groups excluding carboxylic acids is 2. The predicted octanol–water partition coefficient (Wildman–Crippen LogP) is 3.60. The highest BCUT2D eigenvalue weighted by Crippen LogP contribution is 2.30. The van der Waals surface area contributed by atoms with Crippen LogP contribution in [0.1, 0.15) is 36.1 Å². The Labute approximate surface area is 156 Å². The predicted molar refractivity (Wildman–Crippen MR) is 101 cm³/mol. The minimum atomic E-state index is -0.551. The molecule has 1 N–H and O–H groups in total. The first kappa shape index (κ1) is 17.7. The van der Waals surface area contributed by atoms with Gasteiger partial charge in [0.1, 0.15) is 6.04 Å². The van der Waals surface area contributed by atoms with Crippen LogP contribution >= 0.6 is 15.9 Å². The third-order valence-corrected chi connectivity index (χ3v) is 5.00. The Hall–Kier alpha value is -2.14. The number of hydrogen-bond acceptors (Lipinski definition) is 2. The van der Waals surface area contributed by atoms with E-state index in [0.717, 1.165) is 27.6 Å². The lowest BCUT2D eigenvalue weighted by Gasteiger charge is -2.36. The number of benzene rings is 2. The van der Waals surface area contributed by atoms with Crippen LogP contribution < -0.4 is 5.32 Å². The number of nitrogens with zero attached hydrogens (tertiary/aromatic N) is 1. The highest BCUT2D eigenvalue weighted by atomic mass is 79.9. The van der Waals surface area contributed by atoms with Crippen LogP contribution in [0.2, 0.25) is 0 Å². The summed E-state index contributed by atoms with van der Waals surface area (Å²) in [7, 11) is 0. The summed E-state index contributed by atoms with van der Waals surface area (Å²) in [6.45, 7) is 2.85. The molecule has 0 aliphatic carbocycles. The fraction of sp³-hybridized carbons (Fsp3) is 0.300. The molecule has 0 aromatic heterocycles. The van der Waals surface area contributed by atoms with E-state index in [0.29, 0.717) is 19.5 Å². The van der Waals surface area contributed by atoms with E-state index >= 15 is 0 Å². The van der Waals surface area contributed by atoms with E-state index in [1.807, 2.05) is 55.5 Å². The van der Waals surface area contributed by atoms with Crippen LogP contribution in [0.5, 0.6) is 0 Å². The lowest BCUT2D eigenvalue weighted by atomic mass is 9.91. The Morgan fingerprint density at radius 1 is 1.20 bits per heavy atom. The number of nitrogens with one attached hydrogen (secondary N) is 1. The molecule has 4 nitrogen and oxygen atoms in total. The molecule has 1 atom stereocenters. The van der Waals surface area contributed by atoms with Crippen molar-refractivity contribution >= 4 is 27.7 Å². The molecular formula is C20H21BrN2O2. The van der Waals surface area contributed by atoms with Crippen LogP contribution in [-0.4, -0.2) is 23.3 Å². The molecule has 2 aromatic carbocycles. The smallest absolute Gasteiger partial charge is 0.247 e. The molecule has 0 bridgehead atoms. The first-order chi connectivity index (χ1) is 12.1. The standard InChI is InChI=1S/C20H21BrN2O2/c1-2-18(24)23-11-10-15-7-3-4-9-17(15)19(23)20(25)22-13-14-6-5-8-16(21)12-14/h3-9,12,19H,2,10-11,13H2,1H3,(H,22,25)/t19-/m0/s1. The quantitative estimate of drug-likeness (QED) is 0.851. The number of rotatable bonds is 4. The van der Waals surface area contributed by atoms with E-state index in [1.165, 1.54) is 0 Å². The Morgan fingerprint density at radius 2 is 2.00 bits per heavy atom. The van der Waals surface area contributed by atoms with Gasteiger partial charge in [-0.25, -0.2) is 0 Å². The second kappa shape index (κ2) is 7.83. The van der Waals surface area contributed by atoms with Crippen LogP contribution in [0.25, 0.3) is 0 Å². The molecule has 2 amide bonds. The van der Waals surface area contributed by atoms with Crippen LogP contribution in [0.4, 0.5) is 0 Å². The fourth-order valence-corrected chi connectivity index (χ4v) is 3.70. The largest absolute Gasteiger partial charge is 0.350 e. The van der Waals surface area contributed by atoms with E-state index < -0.39 is 6.04 Å². The van der Waals surface area contributed by atoms with Gasteiger partial charge in [0.15, 0.2) is 0 Å². The second-order valence-electron chi connectivity index (χ2n) is 6.14. The van der Waals surface area contributed by atoms with Crippen molar-refractivity contribution in [3.8, 4) is 0 Å². The van der Waals surface area contributed by atoms with E-state index in [-0.39, 0.29) is 11.8 Å². The van der Waals surface area contributed by atoms with Gasteiger partial charge < -0.3 is 10.2 Å². The zero-order valence-corrected chi connectivity index (χ0v) is 15.8. The van der Waals surface area contributed by atoms with Gasteiger partial charge in [-0.15, -0.1) is 0 Å². The maximum absolute atomic E-state index is 12.9. The third kappa shape index (κ3) is 3.93. The van der Waals surface area contributed by atoms with Gasteiger partial charge in [-0.1, -0.05) is 59.3 Å². The maximum Gasteiger partial charge on any atom is 0.247 e. The van der Waals surface area contributed by atoms with Gasteiger partial charge in [-0.3, -0.25) is 9.59 Å². The van der Waals surface area contributed by atoms with Crippen molar-refractivity contribution < 1.29 is 9.59 Å². The number of halogens is 1. The van der Waals surface area contributed by atoms with E-state index in [9.17, 15) is 9.59 Å². The van der Waals surface area contributed by atoms with Gasteiger partial charge in [-0.2, -0.15) is 0 Å². The van der Waals surface area contributed by atoms with E-state index in [1.54, 1.807) is 4.90 Å². The molecule has 1 heterocycles. The second-order valence-corrected chi connectivity index (χ2v) is 7.06. The number of hydrogen-bond donors (Lipinski definition) is 1. The maximum atomic E-state index is 12.9. The Morgan fingerprint density at radius 3 is 2.76 bits per heavy atom. The Balaban J connectivity index is 1.82. The zero-order valence-electron chi connectivity index (χ0n) is 14.2. The Bertz CT molecular complexity index is 791. The molecule has 3 rings (SSSR count). The number of amides is 2. The van der Waals surface area contributed by atoms with E-state index in [2.05, 4.69) is 21.2 Å². The van der Waals surface area contributed by atoms with Gasteiger partial charge in [0, 0.05) is 24.0 Å². The summed E-state index contributed by atoms with van der Waals surface area (Å²) < 4.78 is 0.977. The number of fused-ring (bicyclic) bond motifs is 1. The van der Waals surface area contributed by atoms with Gasteiger partial charge in [0.25, 0.3) is 0 Å². The molecule has 0 spiro atoms. The highest BCUT2D eigenvalue weighted by Gasteiger charge is 2.34. The lowest BCUT2D eigenvalue weighted by molar-refractivity contribution is -0.141. The molecule has 5 heteroatoms. The molecule has 1 aliphatic rings. The molecular weight excluding hydrogens is 380 g/mol. The summed E-state index contributed by atoms with van der Waals surface area (Å²) in [6.07, 6.45) is 1.19. The summed E-state index contributed by atoms with van der Waals surface area (Å²) >= 11 is 3.44. The van der Waals surface area contributed by atoms with Crippen LogP contribution in [0.3, 0.4) is 0 Å². The molecule has 130 valence electrons. The van der Waals surface area contributed by atoms with Gasteiger partial charge >= 0.3 is 0 Å². The lowest BCUT2D eigenvalue weighted by Crippen LogP contribution is -2.46. The first-order valence-electron chi connectivity index (χ1n) is 8.49. The van der Waals surface area contributed by atoms with Crippen molar-refractivity contribution in [3.63, 3.8) is 0 Å². The molecule has 0 fully saturated rings. The topological polar surface area (TPSA) is 49.4 Å². The molecule has 0 saturated carbocycles. The summed E-state index contributed by atoms with van der Waals surface area (Å²) in [6, 6.07) is 15.2. The molecule has 25 heavy (non-hydrogen) atoms. The average Bonchev–Trinajstić information content (AvgIpc) is 2.64. The average molecular weight is 401 g/mol. The Kier molecular flexibility index (Phi) is 5.53. The van der Waals surface area contributed by atoms with Crippen molar-refractivity contribution in [2.45, 2.75) is 32.4 Å². The zero-order chi connectivity index (χ0) is 17.8. The van der Waals surface area contributed by atoms with Crippen LogP contribution in [-0.2, 0) is 22.6 Å². The molecule has 0 saturated heterocycles. The minimum absolute atomic E-state index is 0.0112.